The molecule has 0 unspecified atom stereocenters. The Morgan fingerprint density at radius 1 is 1.67 bits per heavy atom. The normalized spacial score (nSPS) is 10.4. The Kier molecular flexibility index (Phi) is 2.58. The minimum Gasteiger partial charge on any atom is -0.478 e. The van der Waals surface area contributed by atoms with E-state index in [1.54, 1.807) is 6.20 Å². The van der Waals surface area contributed by atoms with Crippen LogP contribution >= 0.6 is 0 Å². The van der Waals surface area contributed by atoms with E-state index in [1.165, 1.54) is 6.08 Å². The van der Waals surface area contributed by atoms with Crippen molar-refractivity contribution in [3.8, 4) is 0 Å². The van der Waals surface area contributed by atoms with Gasteiger partial charge >= 0.3 is 5.97 Å². The Morgan fingerprint density at radius 2 is 2.42 bits per heavy atom. The molecule has 0 fully saturated rings. The van der Waals surface area contributed by atoms with Crippen LogP contribution in [0.25, 0.3) is 6.08 Å². The molecule has 0 aliphatic rings. The molecule has 0 amide bonds. The zero-order chi connectivity index (χ0) is 8.97. The van der Waals surface area contributed by atoms with Gasteiger partial charge in [0.1, 0.15) is 0 Å². The summed E-state index contributed by atoms with van der Waals surface area (Å²) in [5.41, 5.74) is 1.66. The van der Waals surface area contributed by atoms with Crippen LogP contribution in [0.15, 0.2) is 24.4 Å². The summed E-state index contributed by atoms with van der Waals surface area (Å²) in [4.78, 5) is 14.2. The van der Waals surface area contributed by atoms with Crippen LogP contribution in [0, 0.1) is 6.92 Å². The predicted octanol–water partition coefficient (Wildman–Crippen LogP) is 1.49. The molecule has 62 valence electrons. The lowest BCUT2D eigenvalue weighted by atomic mass is 10.2. The van der Waals surface area contributed by atoms with Gasteiger partial charge in [0.15, 0.2) is 0 Å². The van der Waals surface area contributed by atoms with Gasteiger partial charge in [0.2, 0.25) is 0 Å². The maximum absolute atomic E-state index is 10.2. The fourth-order valence-electron chi connectivity index (χ4n) is 0.823. The first-order chi connectivity index (χ1) is 5.70. The predicted molar refractivity (Wildman–Crippen MR) is 45.6 cm³/mol. The highest BCUT2D eigenvalue weighted by atomic mass is 16.4. The Bertz CT molecular complexity index is 318. The zero-order valence-corrected chi connectivity index (χ0v) is 6.69. The highest BCUT2D eigenvalue weighted by Gasteiger charge is 1.93. The largest absolute Gasteiger partial charge is 0.478 e. The van der Waals surface area contributed by atoms with Crippen molar-refractivity contribution in [1.82, 2.24) is 4.98 Å². The molecule has 3 heteroatoms. The molecule has 1 aromatic rings. The molecule has 0 atom stereocenters. The molecule has 0 spiro atoms. The average Bonchev–Trinajstić information content (AvgIpc) is 2.03. The van der Waals surface area contributed by atoms with Gasteiger partial charge in [0.05, 0.1) is 5.69 Å². The minimum absolute atomic E-state index is 0.694. The first kappa shape index (κ1) is 8.46. The van der Waals surface area contributed by atoms with E-state index in [-0.39, 0.29) is 0 Å². The second kappa shape index (κ2) is 3.67. The second-order valence-corrected chi connectivity index (χ2v) is 2.38. The van der Waals surface area contributed by atoms with Crippen molar-refractivity contribution in [2.75, 3.05) is 0 Å². The maximum Gasteiger partial charge on any atom is 0.328 e. The lowest BCUT2D eigenvalue weighted by molar-refractivity contribution is -0.131. The third-order valence-electron chi connectivity index (χ3n) is 1.43. The van der Waals surface area contributed by atoms with Gasteiger partial charge in [-0.1, -0.05) is 6.07 Å². The number of nitrogens with zero attached hydrogens (tertiary/aromatic N) is 1. The third kappa shape index (κ3) is 2.20. The number of aryl methyl sites for hydroxylation is 1. The van der Waals surface area contributed by atoms with Gasteiger partial charge in [-0.2, -0.15) is 0 Å². The van der Waals surface area contributed by atoms with Gasteiger partial charge in [-0.05, 0) is 24.6 Å². The monoisotopic (exact) mass is 163 g/mol. The third-order valence-corrected chi connectivity index (χ3v) is 1.43. The van der Waals surface area contributed by atoms with Crippen molar-refractivity contribution < 1.29 is 9.90 Å². The number of aromatic nitrogens is 1. The van der Waals surface area contributed by atoms with Crippen LogP contribution in [-0.4, -0.2) is 16.1 Å². The topological polar surface area (TPSA) is 50.2 Å². The zero-order valence-electron chi connectivity index (χ0n) is 6.69. The molecule has 0 saturated carbocycles. The summed E-state index contributed by atoms with van der Waals surface area (Å²) >= 11 is 0. The SMILES string of the molecule is Cc1cccnc1/C=C/C(=O)O. The number of rotatable bonds is 2. The lowest BCUT2D eigenvalue weighted by Gasteiger charge is -1.95. The molecule has 1 N–H and O–H groups in total. The van der Waals surface area contributed by atoms with Gasteiger partial charge in [-0.3, -0.25) is 4.98 Å². The fourth-order valence-corrected chi connectivity index (χ4v) is 0.823. The number of carbonyl (C=O) groups is 1. The summed E-state index contributed by atoms with van der Waals surface area (Å²) in [5.74, 6) is -0.958. The van der Waals surface area contributed by atoms with Gasteiger partial charge < -0.3 is 5.11 Å². The molecule has 0 aromatic carbocycles. The molecule has 0 bridgehead atoms. The fraction of sp³-hybridized carbons (Fsp3) is 0.111. The average molecular weight is 163 g/mol. The van der Waals surface area contributed by atoms with Gasteiger partial charge in [-0.15, -0.1) is 0 Å². The molecule has 3 nitrogen and oxygen atoms in total. The lowest BCUT2D eigenvalue weighted by Crippen LogP contribution is -1.88. The van der Waals surface area contributed by atoms with E-state index in [1.807, 2.05) is 19.1 Å². The van der Waals surface area contributed by atoms with E-state index in [4.69, 9.17) is 5.11 Å². The second-order valence-electron chi connectivity index (χ2n) is 2.38. The molecule has 12 heavy (non-hydrogen) atoms. The Hall–Kier alpha value is -1.64. The van der Waals surface area contributed by atoms with Crippen molar-refractivity contribution in [3.63, 3.8) is 0 Å². The van der Waals surface area contributed by atoms with Gasteiger partial charge in [0, 0.05) is 12.3 Å². The van der Waals surface area contributed by atoms with Gasteiger partial charge in [-0.25, -0.2) is 4.79 Å². The standard InChI is InChI=1S/C9H9NO2/c1-7-3-2-6-10-8(7)4-5-9(11)12/h2-6H,1H3,(H,11,12)/b5-4+. The van der Waals surface area contributed by atoms with E-state index in [2.05, 4.69) is 4.98 Å². The van der Waals surface area contributed by atoms with E-state index in [9.17, 15) is 4.79 Å². The number of pyridine rings is 1. The van der Waals surface area contributed by atoms with Crippen LogP contribution in [0.4, 0.5) is 0 Å². The van der Waals surface area contributed by atoms with Crippen molar-refractivity contribution in [3.05, 3.63) is 35.7 Å². The Labute approximate surface area is 70.4 Å². The summed E-state index contributed by atoms with van der Waals surface area (Å²) in [6, 6.07) is 3.70. The molecule has 0 aliphatic heterocycles. The first-order valence-electron chi connectivity index (χ1n) is 3.53. The molecule has 1 heterocycles. The first-order valence-corrected chi connectivity index (χ1v) is 3.53. The van der Waals surface area contributed by atoms with E-state index >= 15 is 0 Å². The highest BCUT2D eigenvalue weighted by molar-refractivity contribution is 5.85. The number of carboxylic acids is 1. The van der Waals surface area contributed by atoms with Crippen LogP contribution < -0.4 is 0 Å². The van der Waals surface area contributed by atoms with E-state index in [0.717, 1.165) is 11.6 Å². The summed E-state index contributed by atoms with van der Waals surface area (Å²) in [6.07, 6.45) is 4.20. The maximum atomic E-state index is 10.2. The van der Waals surface area contributed by atoms with Crippen LogP contribution in [-0.2, 0) is 4.79 Å². The van der Waals surface area contributed by atoms with Crippen LogP contribution in [0.1, 0.15) is 11.3 Å². The number of aliphatic carboxylic acids is 1. The quantitative estimate of drug-likeness (QED) is 0.672. The van der Waals surface area contributed by atoms with E-state index in [0.29, 0.717) is 5.69 Å². The highest BCUT2D eigenvalue weighted by Crippen LogP contribution is 2.04. The smallest absolute Gasteiger partial charge is 0.328 e. The summed E-state index contributed by atoms with van der Waals surface area (Å²) in [7, 11) is 0. The van der Waals surface area contributed by atoms with Crippen molar-refractivity contribution >= 4 is 12.0 Å². The van der Waals surface area contributed by atoms with Crippen molar-refractivity contribution in [2.24, 2.45) is 0 Å². The van der Waals surface area contributed by atoms with Crippen LogP contribution in [0.5, 0.6) is 0 Å². The minimum atomic E-state index is -0.958. The van der Waals surface area contributed by atoms with Crippen LogP contribution in [0.2, 0.25) is 0 Å². The van der Waals surface area contributed by atoms with Crippen molar-refractivity contribution in [1.29, 1.82) is 0 Å². The molecule has 0 saturated heterocycles. The molecule has 0 radical (unpaired) electrons. The van der Waals surface area contributed by atoms with Gasteiger partial charge in [0.25, 0.3) is 0 Å². The molecule has 1 aromatic heterocycles. The van der Waals surface area contributed by atoms with E-state index < -0.39 is 5.97 Å². The molecular weight excluding hydrogens is 154 g/mol. The molecular formula is C9H9NO2. The van der Waals surface area contributed by atoms with Crippen LogP contribution in [0.3, 0.4) is 0 Å². The molecule has 0 aliphatic carbocycles. The number of carboxylic acid groups (broad SMARTS) is 1. The Morgan fingerprint density at radius 3 is 3.00 bits per heavy atom. The summed E-state index contributed by atoms with van der Waals surface area (Å²) in [5, 5.41) is 8.35. The summed E-state index contributed by atoms with van der Waals surface area (Å²) < 4.78 is 0. The number of hydrogen-bond donors (Lipinski definition) is 1. The molecule has 1 rings (SSSR count). The summed E-state index contributed by atoms with van der Waals surface area (Å²) in [6.45, 7) is 1.88. The Balaban J connectivity index is 2.89. The van der Waals surface area contributed by atoms with Crippen molar-refractivity contribution in [2.45, 2.75) is 6.92 Å². The number of hydrogen-bond acceptors (Lipinski definition) is 2.